The molecule has 0 aliphatic rings. The van der Waals surface area contributed by atoms with Crippen LogP contribution in [0.5, 0.6) is 5.75 Å². The number of nitrogens with one attached hydrogen (secondary N) is 1. The van der Waals surface area contributed by atoms with Crippen molar-refractivity contribution in [2.24, 2.45) is 0 Å². The number of aromatic hydroxyl groups is 1. The second-order valence-corrected chi connectivity index (χ2v) is 3.32. The molecule has 1 unspecified atom stereocenters. The van der Waals surface area contributed by atoms with Crippen LogP contribution in [-0.2, 0) is 0 Å². The number of nitro benzene ring substituents is 1. The number of amides is 1. The van der Waals surface area contributed by atoms with Crippen LogP contribution in [0.25, 0.3) is 0 Å². The zero-order chi connectivity index (χ0) is 13.0. The summed E-state index contributed by atoms with van der Waals surface area (Å²) in [4.78, 5) is 21.3. The molecule has 6 heteroatoms. The first kappa shape index (κ1) is 12.5. The lowest BCUT2D eigenvalue weighted by Gasteiger charge is -2.07. The summed E-state index contributed by atoms with van der Waals surface area (Å²) in [5.41, 5.74) is -0.346. The molecule has 0 radical (unpaired) electrons. The van der Waals surface area contributed by atoms with E-state index in [1.165, 1.54) is 6.07 Å². The van der Waals surface area contributed by atoms with Crippen LogP contribution < -0.4 is 5.32 Å². The number of hydrogen-bond donors (Lipinski definition) is 2. The van der Waals surface area contributed by atoms with E-state index >= 15 is 0 Å². The third-order valence-electron chi connectivity index (χ3n) is 2.03. The van der Waals surface area contributed by atoms with Gasteiger partial charge in [-0.2, -0.15) is 0 Å². The Balaban J connectivity index is 2.95. The van der Waals surface area contributed by atoms with Crippen molar-refractivity contribution >= 4 is 11.6 Å². The normalized spacial score (nSPS) is 11.3. The maximum absolute atomic E-state index is 11.6. The molecule has 1 aromatic carbocycles. The summed E-state index contributed by atoms with van der Waals surface area (Å²) in [6, 6.07) is 2.87. The van der Waals surface area contributed by atoms with E-state index in [1.807, 2.05) is 0 Å². The zero-order valence-corrected chi connectivity index (χ0v) is 9.01. The molecule has 0 aliphatic carbocycles. The molecule has 0 fully saturated rings. The Kier molecular flexibility index (Phi) is 3.67. The third kappa shape index (κ3) is 2.95. The first-order valence-corrected chi connectivity index (χ1v) is 4.70. The molecule has 0 bridgehead atoms. The first-order valence-electron chi connectivity index (χ1n) is 4.70. The first-order chi connectivity index (χ1) is 7.95. The van der Waals surface area contributed by atoms with Gasteiger partial charge in [-0.15, -0.1) is 6.42 Å². The number of carbonyl (C=O) groups excluding carboxylic acids is 1. The Morgan fingerprint density at radius 2 is 2.29 bits per heavy atom. The smallest absolute Gasteiger partial charge is 0.310 e. The van der Waals surface area contributed by atoms with Crippen molar-refractivity contribution in [2.45, 2.75) is 13.0 Å². The number of phenolic OH excluding ortho intramolecular Hbond substituents is 1. The molecule has 0 saturated carbocycles. The Labute approximate surface area is 97.4 Å². The van der Waals surface area contributed by atoms with Crippen LogP contribution in [0.1, 0.15) is 17.3 Å². The molecule has 1 atom stereocenters. The highest BCUT2D eigenvalue weighted by atomic mass is 16.6. The van der Waals surface area contributed by atoms with Crippen molar-refractivity contribution in [1.82, 2.24) is 5.32 Å². The van der Waals surface area contributed by atoms with E-state index in [-0.39, 0.29) is 5.56 Å². The highest BCUT2D eigenvalue weighted by Gasteiger charge is 2.16. The Morgan fingerprint density at radius 3 is 2.76 bits per heavy atom. The van der Waals surface area contributed by atoms with E-state index in [0.717, 1.165) is 12.1 Å². The van der Waals surface area contributed by atoms with Crippen molar-refractivity contribution < 1.29 is 14.8 Å². The molecule has 88 valence electrons. The van der Waals surface area contributed by atoms with Crippen molar-refractivity contribution in [2.75, 3.05) is 0 Å². The zero-order valence-electron chi connectivity index (χ0n) is 9.01. The van der Waals surface area contributed by atoms with Crippen molar-refractivity contribution in [3.63, 3.8) is 0 Å². The summed E-state index contributed by atoms with van der Waals surface area (Å²) in [6.07, 6.45) is 5.09. The second kappa shape index (κ2) is 4.99. The van der Waals surface area contributed by atoms with Crippen LogP contribution >= 0.6 is 0 Å². The predicted molar refractivity (Wildman–Crippen MR) is 60.5 cm³/mol. The van der Waals surface area contributed by atoms with E-state index in [0.29, 0.717) is 0 Å². The molecule has 0 heterocycles. The number of nitro groups is 1. The van der Waals surface area contributed by atoms with Gasteiger partial charge >= 0.3 is 5.69 Å². The van der Waals surface area contributed by atoms with Gasteiger partial charge in [-0.05, 0) is 19.1 Å². The lowest BCUT2D eigenvalue weighted by molar-refractivity contribution is -0.385. The highest BCUT2D eigenvalue weighted by molar-refractivity contribution is 5.95. The molecule has 1 amide bonds. The third-order valence-corrected chi connectivity index (χ3v) is 2.03. The minimum Gasteiger partial charge on any atom is -0.502 e. The number of hydrogen-bond acceptors (Lipinski definition) is 4. The van der Waals surface area contributed by atoms with E-state index < -0.39 is 28.3 Å². The minimum absolute atomic E-state index is 0.107. The fourth-order valence-electron chi connectivity index (χ4n) is 1.14. The number of rotatable bonds is 3. The number of terminal acetylenes is 1. The van der Waals surface area contributed by atoms with E-state index in [9.17, 15) is 20.0 Å². The van der Waals surface area contributed by atoms with E-state index in [2.05, 4.69) is 11.2 Å². The second-order valence-electron chi connectivity index (χ2n) is 3.32. The van der Waals surface area contributed by atoms with Gasteiger partial charge in [0.2, 0.25) is 0 Å². The summed E-state index contributed by atoms with van der Waals surface area (Å²) in [7, 11) is 0. The standard InChI is InChI=1S/C11H10N2O4/c1-3-7(2)12-11(15)8-4-5-9(13(16)17)10(14)6-8/h1,4-7,14H,2H3,(H,12,15). The molecule has 1 aromatic rings. The lowest BCUT2D eigenvalue weighted by Crippen LogP contribution is -2.31. The monoisotopic (exact) mass is 234 g/mol. The largest absolute Gasteiger partial charge is 0.502 e. The number of benzene rings is 1. The molecule has 1 rings (SSSR count). The van der Waals surface area contributed by atoms with Crippen LogP contribution in [0.3, 0.4) is 0 Å². The molecule has 0 saturated heterocycles. The Hall–Kier alpha value is -2.55. The van der Waals surface area contributed by atoms with Crippen LogP contribution in [-0.4, -0.2) is 22.0 Å². The molecule has 0 aromatic heterocycles. The Bertz CT molecular complexity index is 505. The van der Waals surface area contributed by atoms with Gasteiger partial charge in [0.25, 0.3) is 5.91 Å². The summed E-state index contributed by atoms with van der Waals surface area (Å²) < 4.78 is 0. The molecule has 0 aliphatic heterocycles. The molecule has 6 nitrogen and oxygen atoms in total. The summed E-state index contributed by atoms with van der Waals surface area (Å²) in [6.45, 7) is 1.61. The number of nitrogens with zero attached hydrogens (tertiary/aromatic N) is 1. The van der Waals surface area contributed by atoms with Crippen LogP contribution in [0.2, 0.25) is 0 Å². The SMILES string of the molecule is C#CC(C)NC(=O)c1ccc([N+](=O)[O-])c(O)c1. The van der Waals surface area contributed by atoms with Gasteiger partial charge in [0.15, 0.2) is 5.75 Å². The van der Waals surface area contributed by atoms with Crippen molar-refractivity contribution in [3.05, 3.63) is 33.9 Å². The van der Waals surface area contributed by atoms with Crippen LogP contribution in [0.4, 0.5) is 5.69 Å². The van der Waals surface area contributed by atoms with Crippen LogP contribution in [0.15, 0.2) is 18.2 Å². The van der Waals surface area contributed by atoms with E-state index in [1.54, 1.807) is 6.92 Å². The molecule has 0 spiro atoms. The molecular formula is C11H10N2O4. The van der Waals surface area contributed by atoms with Gasteiger partial charge in [0.05, 0.1) is 11.0 Å². The fraction of sp³-hybridized carbons (Fsp3) is 0.182. The topological polar surface area (TPSA) is 92.5 Å². The van der Waals surface area contributed by atoms with Gasteiger partial charge in [-0.1, -0.05) is 5.92 Å². The lowest BCUT2D eigenvalue weighted by atomic mass is 10.1. The highest BCUT2D eigenvalue weighted by Crippen LogP contribution is 2.26. The molecular weight excluding hydrogens is 224 g/mol. The number of carbonyl (C=O) groups is 1. The Morgan fingerprint density at radius 1 is 1.65 bits per heavy atom. The molecule has 2 N–H and O–H groups in total. The summed E-state index contributed by atoms with van der Waals surface area (Å²) in [5.74, 6) is 1.25. The van der Waals surface area contributed by atoms with Crippen molar-refractivity contribution in [3.8, 4) is 18.1 Å². The average Bonchev–Trinajstić information content (AvgIpc) is 2.28. The fourth-order valence-corrected chi connectivity index (χ4v) is 1.14. The minimum atomic E-state index is -0.735. The number of phenols is 1. The van der Waals surface area contributed by atoms with Gasteiger partial charge in [0.1, 0.15) is 0 Å². The average molecular weight is 234 g/mol. The van der Waals surface area contributed by atoms with Gasteiger partial charge in [-0.25, -0.2) is 0 Å². The maximum atomic E-state index is 11.6. The van der Waals surface area contributed by atoms with Gasteiger partial charge in [0, 0.05) is 11.6 Å². The maximum Gasteiger partial charge on any atom is 0.310 e. The van der Waals surface area contributed by atoms with Gasteiger partial charge < -0.3 is 10.4 Å². The van der Waals surface area contributed by atoms with E-state index in [4.69, 9.17) is 6.42 Å². The van der Waals surface area contributed by atoms with Crippen LogP contribution in [0, 0.1) is 22.5 Å². The van der Waals surface area contributed by atoms with Crippen molar-refractivity contribution in [1.29, 1.82) is 0 Å². The summed E-state index contributed by atoms with van der Waals surface area (Å²) >= 11 is 0. The quantitative estimate of drug-likeness (QED) is 0.464. The predicted octanol–water partition coefficient (Wildman–Crippen LogP) is 1.05. The summed E-state index contributed by atoms with van der Waals surface area (Å²) in [5, 5.41) is 22.3. The molecule has 17 heavy (non-hydrogen) atoms. The van der Waals surface area contributed by atoms with Gasteiger partial charge in [-0.3, -0.25) is 14.9 Å².